The maximum absolute atomic E-state index is 13.0. The van der Waals surface area contributed by atoms with Crippen molar-refractivity contribution in [3.05, 3.63) is 93.6 Å². The third-order valence-electron chi connectivity index (χ3n) is 4.62. The Balaban J connectivity index is 1.64. The minimum atomic E-state index is -0.991. The van der Waals surface area contributed by atoms with Crippen LogP contribution in [0.25, 0.3) is 10.9 Å². The van der Waals surface area contributed by atoms with Crippen LogP contribution in [0, 0.1) is 0 Å². The van der Waals surface area contributed by atoms with Gasteiger partial charge in [0.25, 0.3) is 5.91 Å². The van der Waals surface area contributed by atoms with Crippen molar-refractivity contribution >= 4 is 74.8 Å². The summed E-state index contributed by atoms with van der Waals surface area (Å²) in [5, 5.41) is 6.94. The van der Waals surface area contributed by atoms with Crippen LogP contribution in [0.4, 0.5) is 11.4 Å². The summed E-state index contributed by atoms with van der Waals surface area (Å²) in [6, 6.07) is 19.5. The summed E-state index contributed by atoms with van der Waals surface area (Å²) in [4.78, 5) is 38.1. The highest BCUT2D eigenvalue weighted by atomic mass is 35.5. The van der Waals surface area contributed by atoms with Gasteiger partial charge in [-0.1, -0.05) is 53.0 Å². The third-order valence-corrected chi connectivity index (χ3v) is 5.42. The first-order valence-electron chi connectivity index (χ1n) is 9.56. The van der Waals surface area contributed by atoms with Gasteiger partial charge in [0, 0.05) is 21.1 Å². The van der Waals surface area contributed by atoms with E-state index in [1.165, 1.54) is 10.7 Å². The van der Waals surface area contributed by atoms with Crippen LogP contribution in [0.1, 0.15) is 10.5 Å². The molecule has 7 nitrogen and oxygen atoms in total. The van der Waals surface area contributed by atoms with Gasteiger partial charge in [-0.05, 0) is 54.6 Å². The van der Waals surface area contributed by atoms with Crippen molar-refractivity contribution in [3.8, 4) is 0 Å². The molecule has 0 atom stereocenters. The molecule has 1 heterocycles. The summed E-state index contributed by atoms with van der Waals surface area (Å²) >= 11 is 18.1. The number of halogens is 3. The number of benzene rings is 3. The second-order valence-corrected chi connectivity index (χ2v) is 8.19. The molecule has 166 valence electrons. The van der Waals surface area contributed by atoms with E-state index in [0.29, 0.717) is 37.3 Å². The second-order valence-electron chi connectivity index (χ2n) is 6.91. The smallest absolute Gasteiger partial charge is 0.319 e. The lowest BCUT2D eigenvalue weighted by Gasteiger charge is -2.13. The number of fused-ring (bicyclic) bond motifs is 1. The predicted molar refractivity (Wildman–Crippen MR) is 131 cm³/mol. The van der Waals surface area contributed by atoms with Crippen molar-refractivity contribution in [2.75, 3.05) is 16.1 Å². The van der Waals surface area contributed by atoms with E-state index in [4.69, 9.17) is 34.8 Å². The first kappa shape index (κ1) is 22.7. The summed E-state index contributed by atoms with van der Waals surface area (Å²) in [6.07, 6.45) is 0. The molecule has 0 saturated carbocycles. The van der Waals surface area contributed by atoms with Crippen LogP contribution in [0.2, 0.25) is 15.1 Å². The molecular formula is C23H15Cl3N4O3. The van der Waals surface area contributed by atoms with E-state index in [0.717, 1.165) is 0 Å². The van der Waals surface area contributed by atoms with Gasteiger partial charge in [0.1, 0.15) is 5.69 Å². The number of hydrogen-bond donors (Lipinski definition) is 3. The van der Waals surface area contributed by atoms with Crippen molar-refractivity contribution in [1.82, 2.24) is 4.68 Å². The molecular weight excluding hydrogens is 487 g/mol. The third kappa shape index (κ3) is 5.12. The fourth-order valence-electron chi connectivity index (χ4n) is 3.13. The van der Waals surface area contributed by atoms with Crippen molar-refractivity contribution in [2.45, 2.75) is 0 Å². The first-order valence-corrected chi connectivity index (χ1v) is 10.7. The molecule has 4 aromatic rings. The zero-order valence-electron chi connectivity index (χ0n) is 16.7. The highest BCUT2D eigenvalue weighted by molar-refractivity contribution is 6.42. The summed E-state index contributed by atoms with van der Waals surface area (Å²) in [5.74, 6) is -2.48. The van der Waals surface area contributed by atoms with Crippen molar-refractivity contribution in [2.24, 2.45) is 0 Å². The van der Waals surface area contributed by atoms with Crippen LogP contribution in [0.15, 0.2) is 72.8 Å². The number of nitrogens with zero attached hydrogens (tertiary/aromatic N) is 1. The second kappa shape index (κ2) is 9.54. The van der Waals surface area contributed by atoms with E-state index >= 15 is 0 Å². The fraction of sp³-hybridized carbons (Fsp3) is 0. The lowest BCUT2D eigenvalue weighted by Crippen LogP contribution is -2.36. The van der Waals surface area contributed by atoms with Crippen molar-refractivity contribution in [1.29, 1.82) is 0 Å². The van der Waals surface area contributed by atoms with E-state index in [-0.39, 0.29) is 5.69 Å². The summed E-state index contributed by atoms with van der Waals surface area (Å²) in [5.41, 5.74) is 3.74. The number of nitrogens with one attached hydrogen (secondary N) is 3. The van der Waals surface area contributed by atoms with E-state index in [2.05, 4.69) is 16.1 Å². The lowest BCUT2D eigenvalue weighted by molar-refractivity contribution is -0.133. The number of anilines is 2. The molecule has 33 heavy (non-hydrogen) atoms. The normalized spacial score (nSPS) is 10.6. The molecule has 0 aliphatic carbocycles. The van der Waals surface area contributed by atoms with Gasteiger partial charge >= 0.3 is 11.8 Å². The molecule has 4 rings (SSSR count). The Morgan fingerprint density at radius 1 is 0.727 bits per heavy atom. The van der Waals surface area contributed by atoms with Crippen molar-refractivity contribution < 1.29 is 14.4 Å². The Bertz CT molecular complexity index is 1400. The molecule has 1 aromatic heterocycles. The lowest BCUT2D eigenvalue weighted by atomic mass is 10.2. The Kier molecular flexibility index (Phi) is 6.55. The molecule has 0 fully saturated rings. The number of hydrogen-bond acceptors (Lipinski definition) is 3. The minimum Gasteiger partial charge on any atom is -0.319 e. The van der Waals surface area contributed by atoms with E-state index in [1.54, 1.807) is 66.7 Å². The number of amides is 3. The van der Waals surface area contributed by atoms with Crippen LogP contribution in [-0.4, -0.2) is 22.4 Å². The Hall–Kier alpha value is -3.52. The molecule has 0 saturated heterocycles. The largest absolute Gasteiger partial charge is 0.328 e. The Morgan fingerprint density at radius 3 is 2.24 bits per heavy atom. The van der Waals surface area contributed by atoms with Crippen molar-refractivity contribution in [3.63, 3.8) is 0 Å². The zero-order chi connectivity index (χ0) is 23.5. The topological polar surface area (TPSA) is 92.2 Å². The molecule has 0 aliphatic heterocycles. The van der Waals surface area contributed by atoms with Gasteiger partial charge in [-0.2, -0.15) is 0 Å². The zero-order valence-corrected chi connectivity index (χ0v) is 19.0. The van der Waals surface area contributed by atoms with E-state index < -0.39 is 17.7 Å². The minimum absolute atomic E-state index is 0.0658. The number of carbonyl (C=O) groups excluding carboxylic acids is 3. The predicted octanol–water partition coefficient (Wildman–Crippen LogP) is 5.56. The highest BCUT2D eigenvalue weighted by Crippen LogP contribution is 2.25. The molecule has 3 N–H and O–H groups in total. The number of para-hydroxylation sites is 1. The van der Waals surface area contributed by atoms with E-state index in [9.17, 15) is 14.4 Å². The van der Waals surface area contributed by atoms with Gasteiger partial charge in [0.05, 0.1) is 16.2 Å². The summed E-state index contributed by atoms with van der Waals surface area (Å²) in [6.45, 7) is 0. The van der Waals surface area contributed by atoms with Gasteiger partial charge in [-0.15, -0.1) is 0 Å². The van der Waals surface area contributed by atoms with Crippen LogP contribution >= 0.6 is 34.8 Å². The molecule has 0 radical (unpaired) electrons. The maximum Gasteiger partial charge on any atom is 0.328 e. The van der Waals surface area contributed by atoms with Gasteiger partial charge < -0.3 is 10.6 Å². The highest BCUT2D eigenvalue weighted by Gasteiger charge is 2.21. The quantitative estimate of drug-likeness (QED) is 0.320. The Morgan fingerprint density at radius 2 is 1.48 bits per heavy atom. The SMILES string of the molecule is O=C(Nc1cccc(Cl)c1)C(=O)Nn1c(C(=O)Nc2ccccc2Cl)cc2cc(Cl)ccc21. The van der Waals surface area contributed by atoms with Crippen LogP contribution in [0.5, 0.6) is 0 Å². The molecule has 0 bridgehead atoms. The van der Waals surface area contributed by atoms with Crippen LogP contribution in [0.3, 0.4) is 0 Å². The monoisotopic (exact) mass is 500 g/mol. The molecule has 3 amide bonds. The Labute approximate surface area is 203 Å². The molecule has 0 spiro atoms. The van der Waals surface area contributed by atoms with Gasteiger partial charge in [0.15, 0.2) is 0 Å². The fourth-order valence-corrected chi connectivity index (χ4v) is 3.68. The number of carbonyl (C=O) groups is 3. The average molecular weight is 502 g/mol. The van der Waals surface area contributed by atoms with Gasteiger partial charge in [-0.25, -0.2) is 4.68 Å². The van der Waals surface area contributed by atoms with Gasteiger partial charge in [-0.3, -0.25) is 19.8 Å². The van der Waals surface area contributed by atoms with Crippen LogP contribution < -0.4 is 16.1 Å². The van der Waals surface area contributed by atoms with Crippen LogP contribution in [-0.2, 0) is 9.59 Å². The first-order chi connectivity index (χ1) is 15.8. The summed E-state index contributed by atoms with van der Waals surface area (Å²) < 4.78 is 1.22. The number of rotatable bonds is 4. The summed E-state index contributed by atoms with van der Waals surface area (Å²) in [7, 11) is 0. The average Bonchev–Trinajstić information content (AvgIpc) is 3.12. The molecule has 0 unspecified atom stereocenters. The van der Waals surface area contributed by atoms with E-state index in [1.807, 2.05) is 0 Å². The standard InChI is InChI=1S/C23H15Cl3N4O3/c24-14-4-3-5-16(12-14)27-22(32)23(33)29-30-19-9-8-15(25)10-13(19)11-20(30)21(31)28-18-7-2-1-6-17(18)26/h1-12H,(H,27,32)(H,28,31)(H,29,33). The molecule has 10 heteroatoms. The molecule has 3 aromatic carbocycles. The molecule has 0 aliphatic rings. The van der Waals surface area contributed by atoms with Gasteiger partial charge in [0.2, 0.25) is 0 Å². The maximum atomic E-state index is 13.0. The number of aromatic nitrogens is 1.